The Morgan fingerprint density at radius 3 is 1.52 bits per heavy atom. The number of epoxide rings is 2. The lowest BCUT2D eigenvalue weighted by atomic mass is 9.86. The van der Waals surface area contributed by atoms with Crippen LogP contribution in [0.15, 0.2) is 0 Å². The normalized spacial score (nSPS) is 38.2. The third-order valence-electron chi connectivity index (χ3n) is 7.56. The molecule has 0 bridgehead atoms. The van der Waals surface area contributed by atoms with E-state index < -0.39 is 16.6 Å². The Hall–Kier alpha value is 0.314. The van der Waals surface area contributed by atoms with Crippen molar-refractivity contribution in [2.45, 2.75) is 127 Å². The summed E-state index contributed by atoms with van der Waals surface area (Å²) < 4.78 is 18.3. The van der Waals surface area contributed by atoms with Crippen molar-refractivity contribution < 1.29 is 13.6 Å². The Bertz CT molecular complexity index is 466. The van der Waals surface area contributed by atoms with E-state index in [1.807, 2.05) is 0 Å². The van der Waals surface area contributed by atoms with Crippen LogP contribution in [0.3, 0.4) is 0 Å². The Balaban J connectivity index is 1.11. The minimum Gasteiger partial charge on any atom is -0.455 e. The van der Waals surface area contributed by atoms with Crippen molar-refractivity contribution in [1.29, 1.82) is 0 Å². The van der Waals surface area contributed by atoms with E-state index in [1.165, 1.54) is 76.3 Å². The molecule has 2 heterocycles. The average molecular weight is 411 g/mol. The summed E-state index contributed by atoms with van der Waals surface area (Å²) in [5.41, 5.74) is 0. The minimum absolute atomic E-state index is 0.637. The number of rotatable bonds is 10. The zero-order valence-corrected chi connectivity index (χ0v) is 20.2. The third kappa shape index (κ3) is 6.14. The van der Waals surface area contributed by atoms with E-state index in [2.05, 4.69) is 26.2 Å². The highest BCUT2D eigenvalue weighted by Crippen LogP contribution is 2.42. The standard InChI is InChI=1S/C22H42O3Si2/c1-26(2,13-5-7-17-9-11-19-21(15-17)23-19)25-27(3,4)14-6-8-18-10-12-20-22(16-18)24-20/h17-22H,5-16H2,1-4H3. The largest absolute Gasteiger partial charge is 0.455 e. The van der Waals surface area contributed by atoms with Crippen molar-refractivity contribution in [3.8, 4) is 0 Å². The first-order valence-corrected chi connectivity index (χ1v) is 18.0. The number of hydrogen-bond acceptors (Lipinski definition) is 3. The molecule has 4 fully saturated rings. The number of hydrogen-bond donors (Lipinski definition) is 0. The summed E-state index contributed by atoms with van der Waals surface area (Å²) in [7, 11) is -3.03. The van der Waals surface area contributed by atoms with Crippen molar-refractivity contribution in [1.82, 2.24) is 0 Å². The molecule has 0 aromatic carbocycles. The summed E-state index contributed by atoms with van der Waals surface area (Å²) >= 11 is 0. The van der Waals surface area contributed by atoms with Crippen LogP contribution < -0.4 is 0 Å². The molecule has 0 N–H and O–H groups in total. The van der Waals surface area contributed by atoms with Gasteiger partial charge in [-0.15, -0.1) is 0 Å². The molecule has 6 unspecified atom stereocenters. The quantitative estimate of drug-likeness (QED) is 0.322. The van der Waals surface area contributed by atoms with Gasteiger partial charge in [0.25, 0.3) is 0 Å². The van der Waals surface area contributed by atoms with E-state index in [0.717, 1.165) is 11.8 Å². The van der Waals surface area contributed by atoms with Crippen molar-refractivity contribution >= 4 is 16.6 Å². The molecule has 5 heteroatoms. The second-order valence-corrected chi connectivity index (χ2v) is 20.0. The topological polar surface area (TPSA) is 34.3 Å². The molecule has 2 saturated carbocycles. The molecule has 2 aliphatic carbocycles. The lowest BCUT2D eigenvalue weighted by molar-refractivity contribution is 0.348. The first-order valence-electron chi connectivity index (χ1n) is 11.8. The SMILES string of the molecule is C[Si](C)(CCCC1CCC2OC2C1)O[Si](C)(C)CCCC1CCC2OC2C1. The summed E-state index contributed by atoms with van der Waals surface area (Å²) in [6, 6.07) is 2.69. The van der Waals surface area contributed by atoms with Crippen LogP contribution in [0.4, 0.5) is 0 Å². The van der Waals surface area contributed by atoms with Gasteiger partial charge in [-0.2, -0.15) is 0 Å². The molecular weight excluding hydrogens is 368 g/mol. The van der Waals surface area contributed by atoms with Gasteiger partial charge < -0.3 is 13.6 Å². The molecule has 3 nitrogen and oxygen atoms in total. The fourth-order valence-electron chi connectivity index (χ4n) is 5.98. The maximum absolute atomic E-state index is 6.89. The van der Waals surface area contributed by atoms with Gasteiger partial charge in [0.1, 0.15) is 0 Å². The maximum Gasteiger partial charge on any atom is 0.173 e. The third-order valence-corrected chi connectivity index (χ3v) is 15.1. The Labute approximate surface area is 169 Å². The Morgan fingerprint density at radius 2 is 1.11 bits per heavy atom. The first-order chi connectivity index (χ1) is 12.8. The van der Waals surface area contributed by atoms with Crippen LogP contribution in [-0.2, 0) is 13.6 Å². The van der Waals surface area contributed by atoms with Gasteiger partial charge in [0, 0.05) is 0 Å². The number of ether oxygens (including phenoxy) is 2. The molecule has 0 aromatic heterocycles. The van der Waals surface area contributed by atoms with Crippen molar-refractivity contribution in [2.24, 2.45) is 11.8 Å². The fourth-order valence-corrected chi connectivity index (χ4v) is 14.9. The van der Waals surface area contributed by atoms with Gasteiger partial charge in [0.05, 0.1) is 24.4 Å². The second-order valence-electron chi connectivity index (χ2n) is 11.2. The highest BCUT2D eigenvalue weighted by Gasteiger charge is 2.44. The summed E-state index contributed by atoms with van der Waals surface area (Å²) in [6.07, 6.45) is 16.2. The van der Waals surface area contributed by atoms with E-state index in [1.54, 1.807) is 0 Å². The molecular formula is C22H42O3Si2. The van der Waals surface area contributed by atoms with E-state index in [9.17, 15) is 0 Å². The summed E-state index contributed by atoms with van der Waals surface area (Å²) in [4.78, 5) is 0. The smallest absolute Gasteiger partial charge is 0.173 e. The molecule has 0 spiro atoms. The van der Waals surface area contributed by atoms with Crippen LogP contribution in [0.1, 0.15) is 64.2 Å². The number of fused-ring (bicyclic) bond motifs is 2. The monoisotopic (exact) mass is 410 g/mol. The van der Waals surface area contributed by atoms with Crippen LogP contribution in [0.5, 0.6) is 0 Å². The zero-order chi connectivity index (χ0) is 19.1. The molecule has 4 aliphatic rings. The zero-order valence-electron chi connectivity index (χ0n) is 18.2. The van der Waals surface area contributed by atoms with Gasteiger partial charge in [-0.05, 0) is 88.6 Å². The predicted molar refractivity (Wildman–Crippen MR) is 116 cm³/mol. The summed E-state index contributed by atoms with van der Waals surface area (Å²) in [5.74, 6) is 1.85. The summed E-state index contributed by atoms with van der Waals surface area (Å²) in [5, 5.41) is 0. The molecule has 27 heavy (non-hydrogen) atoms. The van der Waals surface area contributed by atoms with Gasteiger partial charge in [0.15, 0.2) is 16.6 Å². The van der Waals surface area contributed by atoms with Crippen LogP contribution in [0.2, 0.25) is 38.3 Å². The second kappa shape index (κ2) is 8.21. The van der Waals surface area contributed by atoms with Crippen LogP contribution in [0.25, 0.3) is 0 Å². The van der Waals surface area contributed by atoms with E-state index in [0.29, 0.717) is 24.4 Å². The molecule has 0 radical (unpaired) electrons. The van der Waals surface area contributed by atoms with Gasteiger partial charge in [-0.3, -0.25) is 0 Å². The highest BCUT2D eigenvalue weighted by molar-refractivity contribution is 6.84. The van der Waals surface area contributed by atoms with Crippen LogP contribution in [0, 0.1) is 11.8 Å². The van der Waals surface area contributed by atoms with Gasteiger partial charge in [-0.25, -0.2) is 0 Å². The van der Waals surface area contributed by atoms with Crippen molar-refractivity contribution in [3.63, 3.8) is 0 Å². The van der Waals surface area contributed by atoms with E-state index in [4.69, 9.17) is 13.6 Å². The van der Waals surface area contributed by atoms with Gasteiger partial charge >= 0.3 is 0 Å². The molecule has 156 valence electrons. The lowest BCUT2D eigenvalue weighted by Crippen LogP contribution is -2.44. The minimum atomic E-state index is -1.51. The average Bonchev–Trinajstić information content (AvgIpc) is 3.47. The van der Waals surface area contributed by atoms with Gasteiger partial charge in [-0.1, -0.05) is 25.7 Å². The van der Waals surface area contributed by atoms with E-state index in [-0.39, 0.29) is 0 Å². The Kier molecular flexibility index (Phi) is 6.26. The lowest BCUT2D eigenvalue weighted by Gasteiger charge is -2.35. The van der Waals surface area contributed by atoms with Gasteiger partial charge in [0.2, 0.25) is 0 Å². The molecule has 2 aliphatic heterocycles. The van der Waals surface area contributed by atoms with E-state index >= 15 is 0 Å². The molecule has 0 aromatic rings. The van der Waals surface area contributed by atoms with Crippen LogP contribution >= 0.6 is 0 Å². The van der Waals surface area contributed by atoms with Crippen molar-refractivity contribution in [3.05, 3.63) is 0 Å². The van der Waals surface area contributed by atoms with Crippen LogP contribution in [-0.4, -0.2) is 41.1 Å². The predicted octanol–water partition coefficient (Wildman–Crippen LogP) is 6.11. The van der Waals surface area contributed by atoms with Crippen molar-refractivity contribution in [2.75, 3.05) is 0 Å². The Morgan fingerprint density at radius 1 is 0.667 bits per heavy atom. The molecule has 6 atom stereocenters. The molecule has 4 rings (SSSR count). The fraction of sp³-hybridized carbons (Fsp3) is 1.00. The summed E-state index contributed by atoms with van der Waals surface area (Å²) in [6.45, 7) is 9.87. The first kappa shape index (κ1) is 20.6. The molecule has 0 amide bonds. The maximum atomic E-state index is 6.89. The highest BCUT2D eigenvalue weighted by atomic mass is 28.4. The molecule has 2 saturated heterocycles.